The van der Waals surface area contributed by atoms with Crippen LogP contribution in [0.25, 0.3) is 5.65 Å². The molecule has 0 radical (unpaired) electrons. The van der Waals surface area contributed by atoms with E-state index in [9.17, 15) is 0 Å². The van der Waals surface area contributed by atoms with Crippen molar-refractivity contribution < 1.29 is 4.74 Å². The van der Waals surface area contributed by atoms with Gasteiger partial charge in [-0.25, -0.2) is 19.9 Å². The second-order valence-corrected chi connectivity index (χ2v) is 9.64. The van der Waals surface area contributed by atoms with Gasteiger partial charge in [-0.3, -0.25) is 4.40 Å². The number of anilines is 2. The van der Waals surface area contributed by atoms with Gasteiger partial charge in [0, 0.05) is 67.4 Å². The number of pyridine rings is 2. The van der Waals surface area contributed by atoms with E-state index in [0.29, 0.717) is 16.7 Å². The minimum Gasteiger partial charge on any atom is -0.469 e. The highest BCUT2D eigenvalue weighted by Gasteiger charge is 2.49. The second kappa shape index (κ2) is 7.75. The molecule has 1 saturated heterocycles. The van der Waals surface area contributed by atoms with Crippen LogP contribution in [0.15, 0.2) is 59.0 Å². The maximum atomic E-state index is 6.59. The minimum atomic E-state index is -0.422. The number of nitrogens with zero attached hydrogens (tertiary/aromatic N) is 6. The number of piperidine rings is 1. The van der Waals surface area contributed by atoms with E-state index in [2.05, 4.69) is 19.9 Å². The Balaban J connectivity index is 1.25. The normalized spacial score (nSPS) is 19.1. The van der Waals surface area contributed by atoms with Crippen LogP contribution in [-0.4, -0.2) is 43.0 Å². The zero-order chi connectivity index (χ0) is 22.6. The molecule has 11 heteroatoms. The smallest absolute Gasteiger partial charge is 0.218 e. The van der Waals surface area contributed by atoms with Gasteiger partial charge in [-0.15, -0.1) is 0 Å². The van der Waals surface area contributed by atoms with E-state index in [1.807, 2.05) is 35.0 Å². The summed E-state index contributed by atoms with van der Waals surface area (Å²) in [6.07, 6.45) is 10.5. The number of imidazole rings is 1. The van der Waals surface area contributed by atoms with Gasteiger partial charge in [0.05, 0.1) is 16.0 Å². The molecule has 1 fully saturated rings. The van der Waals surface area contributed by atoms with E-state index in [0.717, 1.165) is 52.9 Å². The van der Waals surface area contributed by atoms with Crippen molar-refractivity contribution in [3.05, 3.63) is 59.8 Å². The molecule has 4 aromatic rings. The fraction of sp³-hybridized carbons (Fsp3) is 0.273. The van der Waals surface area contributed by atoms with E-state index < -0.39 is 5.60 Å². The van der Waals surface area contributed by atoms with Crippen molar-refractivity contribution in [1.29, 1.82) is 0 Å². The Labute approximate surface area is 199 Å². The van der Waals surface area contributed by atoms with Crippen molar-refractivity contribution in [3.8, 4) is 5.88 Å². The molecule has 168 valence electrons. The number of nitrogen functional groups attached to an aromatic ring is 1. The van der Waals surface area contributed by atoms with E-state index in [-0.39, 0.29) is 6.04 Å². The van der Waals surface area contributed by atoms with Crippen LogP contribution in [0.4, 0.5) is 11.8 Å². The number of aromatic nitrogens is 5. The van der Waals surface area contributed by atoms with Crippen LogP contribution < -0.4 is 21.1 Å². The lowest BCUT2D eigenvalue weighted by Crippen LogP contribution is -2.52. The monoisotopic (exact) mass is 480 g/mol. The largest absolute Gasteiger partial charge is 0.469 e. The molecule has 6 rings (SSSR count). The van der Waals surface area contributed by atoms with Gasteiger partial charge >= 0.3 is 0 Å². The standard InChI is InChI=1S/C22H21ClN8OS/c23-16-14(3-7-26-18(16)25)33-15-12-29-21(31-11-8-27-19(15)31)30-9-4-22(5-10-30)17(24)13-2-1-6-28-20(13)32-22/h1-3,6-8,11-12,17H,4-5,9-10,24H2,(H2,25,26)/t17-/m1/s1. The number of hydrogen-bond donors (Lipinski definition) is 2. The average Bonchev–Trinajstić information content (AvgIpc) is 3.42. The quantitative estimate of drug-likeness (QED) is 0.454. The van der Waals surface area contributed by atoms with Crippen LogP contribution in [0.5, 0.6) is 5.88 Å². The SMILES string of the molecule is Nc1nccc(Sc2cnc(N3CCC4(CC3)Oc3ncccc3[C@H]4N)n3ccnc23)c1Cl. The molecule has 0 saturated carbocycles. The van der Waals surface area contributed by atoms with E-state index in [1.54, 1.807) is 18.6 Å². The summed E-state index contributed by atoms with van der Waals surface area (Å²) in [6.45, 7) is 1.53. The molecule has 1 atom stereocenters. The predicted octanol–water partition coefficient (Wildman–Crippen LogP) is 3.34. The Hall–Kier alpha value is -3.08. The summed E-state index contributed by atoms with van der Waals surface area (Å²) in [5.41, 5.74) is 13.8. The molecule has 6 heterocycles. The lowest BCUT2D eigenvalue weighted by atomic mass is 9.83. The lowest BCUT2D eigenvalue weighted by molar-refractivity contribution is 0.0396. The third-order valence-corrected chi connectivity index (χ3v) is 7.95. The predicted molar refractivity (Wildman–Crippen MR) is 127 cm³/mol. The molecular weight excluding hydrogens is 460 g/mol. The topological polar surface area (TPSA) is 120 Å². The van der Waals surface area contributed by atoms with Crippen molar-refractivity contribution in [1.82, 2.24) is 24.3 Å². The molecule has 0 aliphatic carbocycles. The summed E-state index contributed by atoms with van der Waals surface area (Å²) in [5.74, 6) is 1.80. The summed E-state index contributed by atoms with van der Waals surface area (Å²) in [4.78, 5) is 21.7. The first-order valence-corrected chi connectivity index (χ1v) is 11.8. The summed E-state index contributed by atoms with van der Waals surface area (Å²) in [5, 5.41) is 0.431. The lowest BCUT2D eigenvalue weighted by Gasteiger charge is -2.41. The van der Waals surface area contributed by atoms with Crippen molar-refractivity contribution in [3.63, 3.8) is 0 Å². The van der Waals surface area contributed by atoms with Crippen LogP contribution in [0, 0.1) is 0 Å². The van der Waals surface area contributed by atoms with Crippen molar-refractivity contribution in [2.45, 2.75) is 34.3 Å². The molecule has 0 unspecified atom stereocenters. The Morgan fingerprint density at radius 3 is 2.73 bits per heavy atom. The van der Waals surface area contributed by atoms with Crippen LogP contribution >= 0.6 is 23.4 Å². The van der Waals surface area contributed by atoms with Gasteiger partial charge in [-0.05, 0) is 12.1 Å². The van der Waals surface area contributed by atoms with Gasteiger partial charge in [0.25, 0.3) is 0 Å². The van der Waals surface area contributed by atoms with Crippen LogP contribution in [-0.2, 0) is 0 Å². The van der Waals surface area contributed by atoms with Gasteiger partial charge < -0.3 is 21.1 Å². The number of halogens is 1. The molecular formula is C22H21ClN8OS. The van der Waals surface area contributed by atoms with Gasteiger partial charge in [-0.2, -0.15) is 0 Å². The summed E-state index contributed by atoms with van der Waals surface area (Å²) >= 11 is 7.80. The highest BCUT2D eigenvalue weighted by molar-refractivity contribution is 7.99. The number of hydrogen-bond acceptors (Lipinski definition) is 9. The van der Waals surface area contributed by atoms with Gasteiger partial charge in [-0.1, -0.05) is 29.4 Å². The molecule has 1 spiro atoms. The van der Waals surface area contributed by atoms with E-state index >= 15 is 0 Å². The Morgan fingerprint density at radius 2 is 1.91 bits per heavy atom. The summed E-state index contributed by atoms with van der Waals surface area (Å²) in [6, 6.07) is 5.56. The Morgan fingerprint density at radius 1 is 1.06 bits per heavy atom. The molecule has 33 heavy (non-hydrogen) atoms. The highest BCUT2D eigenvalue weighted by Crippen LogP contribution is 2.46. The molecule has 2 aliphatic heterocycles. The molecule has 9 nitrogen and oxygen atoms in total. The molecule has 2 aliphatic rings. The third-order valence-electron chi connectivity index (χ3n) is 6.37. The van der Waals surface area contributed by atoms with E-state index in [4.69, 9.17) is 32.8 Å². The first-order chi connectivity index (χ1) is 16.1. The van der Waals surface area contributed by atoms with Gasteiger partial charge in [0.2, 0.25) is 11.8 Å². The molecule has 0 amide bonds. The minimum absolute atomic E-state index is 0.180. The Bertz CT molecular complexity index is 1350. The number of fused-ring (bicyclic) bond motifs is 2. The fourth-order valence-corrected chi connectivity index (χ4v) is 5.73. The fourth-order valence-electron chi connectivity index (χ4n) is 4.59. The van der Waals surface area contributed by atoms with Crippen molar-refractivity contribution in [2.75, 3.05) is 23.7 Å². The van der Waals surface area contributed by atoms with Crippen molar-refractivity contribution >= 4 is 40.8 Å². The maximum absolute atomic E-state index is 6.59. The molecule has 4 N–H and O–H groups in total. The highest BCUT2D eigenvalue weighted by atomic mass is 35.5. The third kappa shape index (κ3) is 3.28. The van der Waals surface area contributed by atoms with Crippen LogP contribution in [0.3, 0.4) is 0 Å². The summed E-state index contributed by atoms with van der Waals surface area (Å²) < 4.78 is 8.28. The van der Waals surface area contributed by atoms with Crippen molar-refractivity contribution in [2.24, 2.45) is 5.73 Å². The zero-order valence-corrected chi connectivity index (χ0v) is 19.1. The van der Waals surface area contributed by atoms with Crippen LogP contribution in [0.1, 0.15) is 24.4 Å². The maximum Gasteiger partial charge on any atom is 0.218 e. The number of nitrogens with two attached hydrogens (primary N) is 2. The number of ether oxygens (including phenoxy) is 1. The first kappa shape index (κ1) is 20.5. The molecule has 0 bridgehead atoms. The van der Waals surface area contributed by atoms with E-state index in [1.165, 1.54) is 11.8 Å². The molecule has 4 aromatic heterocycles. The average molecular weight is 481 g/mol. The molecule has 0 aromatic carbocycles. The zero-order valence-electron chi connectivity index (χ0n) is 17.6. The van der Waals surface area contributed by atoms with Crippen LogP contribution in [0.2, 0.25) is 5.02 Å². The van der Waals surface area contributed by atoms with Gasteiger partial charge in [0.15, 0.2) is 5.65 Å². The second-order valence-electron chi connectivity index (χ2n) is 8.18. The first-order valence-electron chi connectivity index (χ1n) is 10.6. The summed E-state index contributed by atoms with van der Waals surface area (Å²) in [7, 11) is 0. The number of rotatable bonds is 3. The van der Waals surface area contributed by atoms with Gasteiger partial charge in [0.1, 0.15) is 11.4 Å². The Kier molecular flexibility index (Phi) is 4.82.